The Morgan fingerprint density at radius 2 is 2.11 bits per heavy atom. The normalized spacial score (nSPS) is 12.2. The average Bonchev–Trinajstić information content (AvgIpc) is 2.37. The van der Waals surface area contributed by atoms with E-state index in [4.69, 9.17) is 17.3 Å². The van der Waals surface area contributed by atoms with Gasteiger partial charge in [0, 0.05) is 18.3 Å². The van der Waals surface area contributed by atoms with Crippen LogP contribution in [0.2, 0.25) is 5.02 Å². The van der Waals surface area contributed by atoms with Gasteiger partial charge in [-0.05, 0) is 30.7 Å². The molecule has 0 aliphatic rings. The molecule has 0 aliphatic carbocycles. The van der Waals surface area contributed by atoms with Gasteiger partial charge in [-0.3, -0.25) is 4.98 Å². The van der Waals surface area contributed by atoms with E-state index in [2.05, 4.69) is 22.9 Å². The third-order valence-corrected chi connectivity index (χ3v) is 3.35. The van der Waals surface area contributed by atoms with Gasteiger partial charge in [-0.15, -0.1) is 0 Å². The van der Waals surface area contributed by atoms with Crippen molar-refractivity contribution in [3.8, 4) is 0 Å². The van der Waals surface area contributed by atoms with Crippen molar-refractivity contribution in [2.24, 2.45) is 0 Å². The quantitative estimate of drug-likeness (QED) is 0.919. The van der Waals surface area contributed by atoms with Crippen LogP contribution in [0, 0.1) is 0 Å². The predicted octanol–water partition coefficient (Wildman–Crippen LogP) is 3.51. The Morgan fingerprint density at radius 1 is 1.33 bits per heavy atom. The number of halogens is 1. The Balaban J connectivity index is 2.29. The summed E-state index contributed by atoms with van der Waals surface area (Å²) in [5, 5.41) is 0.746. The van der Waals surface area contributed by atoms with Crippen LogP contribution in [0.15, 0.2) is 42.7 Å². The highest BCUT2D eigenvalue weighted by Crippen LogP contribution is 2.29. The summed E-state index contributed by atoms with van der Waals surface area (Å²) in [6.45, 7) is 2.12. The second-order valence-corrected chi connectivity index (χ2v) is 4.71. The minimum absolute atomic E-state index is 0.188. The van der Waals surface area contributed by atoms with Crippen molar-refractivity contribution in [2.45, 2.75) is 13.0 Å². The monoisotopic (exact) mass is 261 g/mol. The molecule has 0 saturated carbocycles. The molecule has 0 spiro atoms. The van der Waals surface area contributed by atoms with E-state index < -0.39 is 0 Å². The van der Waals surface area contributed by atoms with Crippen LogP contribution in [0.4, 0.5) is 11.4 Å². The lowest BCUT2D eigenvalue weighted by Gasteiger charge is -2.28. The van der Waals surface area contributed by atoms with Crippen molar-refractivity contribution in [2.75, 3.05) is 17.7 Å². The molecule has 0 saturated heterocycles. The molecule has 0 bridgehead atoms. The van der Waals surface area contributed by atoms with Gasteiger partial charge in [-0.25, -0.2) is 0 Å². The number of nitrogens with two attached hydrogens (primary N) is 1. The molecule has 2 aromatic rings. The molecular weight excluding hydrogens is 246 g/mol. The molecule has 3 nitrogen and oxygen atoms in total. The van der Waals surface area contributed by atoms with Crippen molar-refractivity contribution in [1.82, 2.24) is 4.98 Å². The number of rotatable bonds is 3. The van der Waals surface area contributed by atoms with Gasteiger partial charge in [0.05, 0.1) is 23.6 Å². The topological polar surface area (TPSA) is 42.2 Å². The molecular formula is C14H16ClN3. The van der Waals surface area contributed by atoms with Gasteiger partial charge in [-0.2, -0.15) is 0 Å². The maximum absolute atomic E-state index is 6.02. The van der Waals surface area contributed by atoms with E-state index in [1.165, 1.54) is 0 Å². The number of aromatic nitrogens is 1. The van der Waals surface area contributed by atoms with Crippen molar-refractivity contribution in [1.29, 1.82) is 0 Å². The Morgan fingerprint density at radius 3 is 2.78 bits per heavy atom. The predicted molar refractivity (Wildman–Crippen MR) is 76.9 cm³/mol. The summed E-state index contributed by atoms with van der Waals surface area (Å²) in [6.07, 6.45) is 3.41. The number of nitrogens with zero attached hydrogens (tertiary/aromatic N) is 2. The fourth-order valence-corrected chi connectivity index (χ4v) is 2.12. The molecule has 0 aliphatic heterocycles. The molecule has 1 aromatic carbocycles. The lowest BCUT2D eigenvalue weighted by molar-refractivity contribution is 0.740. The summed E-state index contributed by atoms with van der Waals surface area (Å²) in [5.41, 5.74) is 8.74. The maximum Gasteiger partial charge on any atom is 0.0738 e. The first-order valence-electron chi connectivity index (χ1n) is 5.77. The summed E-state index contributed by atoms with van der Waals surface area (Å²) in [5.74, 6) is 0. The number of hydrogen-bond acceptors (Lipinski definition) is 3. The zero-order chi connectivity index (χ0) is 13.1. The van der Waals surface area contributed by atoms with Gasteiger partial charge in [-0.1, -0.05) is 23.7 Å². The van der Waals surface area contributed by atoms with Crippen molar-refractivity contribution in [3.05, 3.63) is 53.3 Å². The van der Waals surface area contributed by atoms with Crippen LogP contribution in [-0.4, -0.2) is 12.0 Å². The van der Waals surface area contributed by atoms with Gasteiger partial charge >= 0.3 is 0 Å². The van der Waals surface area contributed by atoms with E-state index in [1.54, 1.807) is 12.4 Å². The first-order chi connectivity index (χ1) is 8.59. The van der Waals surface area contributed by atoms with Crippen molar-refractivity contribution in [3.63, 3.8) is 0 Å². The van der Waals surface area contributed by atoms with E-state index in [1.807, 2.05) is 31.3 Å². The largest absolute Gasteiger partial charge is 0.396 e. The molecule has 0 fully saturated rings. The molecule has 0 amide bonds. The van der Waals surface area contributed by atoms with Crippen LogP contribution in [0.5, 0.6) is 0 Å². The Bertz CT molecular complexity index is 542. The Kier molecular flexibility index (Phi) is 3.72. The fraction of sp³-hybridized carbons (Fsp3) is 0.214. The van der Waals surface area contributed by atoms with Crippen LogP contribution in [0.1, 0.15) is 18.5 Å². The van der Waals surface area contributed by atoms with Gasteiger partial charge in [0.15, 0.2) is 0 Å². The minimum Gasteiger partial charge on any atom is -0.396 e. The van der Waals surface area contributed by atoms with E-state index in [-0.39, 0.29) is 6.04 Å². The van der Waals surface area contributed by atoms with Gasteiger partial charge in [0.1, 0.15) is 0 Å². The van der Waals surface area contributed by atoms with Crippen LogP contribution in [0.3, 0.4) is 0 Å². The van der Waals surface area contributed by atoms with Crippen LogP contribution >= 0.6 is 11.6 Å². The molecule has 0 radical (unpaired) electrons. The molecule has 18 heavy (non-hydrogen) atoms. The molecule has 94 valence electrons. The number of pyridine rings is 1. The second kappa shape index (κ2) is 5.27. The molecule has 4 heteroatoms. The third-order valence-electron chi connectivity index (χ3n) is 3.12. The van der Waals surface area contributed by atoms with E-state index in [0.29, 0.717) is 5.69 Å². The summed E-state index contributed by atoms with van der Waals surface area (Å²) >= 11 is 6.02. The summed E-state index contributed by atoms with van der Waals surface area (Å²) < 4.78 is 0. The fourth-order valence-electron chi connectivity index (χ4n) is 1.92. The number of benzene rings is 1. The van der Waals surface area contributed by atoms with Crippen molar-refractivity contribution >= 4 is 23.0 Å². The summed E-state index contributed by atoms with van der Waals surface area (Å²) in [4.78, 5) is 6.11. The maximum atomic E-state index is 6.02. The lowest BCUT2D eigenvalue weighted by Crippen LogP contribution is -2.22. The molecule has 1 unspecified atom stereocenters. The lowest BCUT2D eigenvalue weighted by atomic mass is 10.1. The molecule has 1 atom stereocenters. The zero-order valence-corrected chi connectivity index (χ0v) is 11.2. The third kappa shape index (κ3) is 2.57. The van der Waals surface area contributed by atoms with Gasteiger partial charge in [0.25, 0.3) is 0 Å². The summed E-state index contributed by atoms with van der Waals surface area (Å²) in [6, 6.07) is 9.96. The smallest absolute Gasteiger partial charge is 0.0738 e. The highest BCUT2D eigenvalue weighted by Gasteiger charge is 2.14. The Labute approximate surface area is 112 Å². The van der Waals surface area contributed by atoms with E-state index >= 15 is 0 Å². The highest BCUT2D eigenvalue weighted by molar-refractivity contribution is 6.30. The minimum atomic E-state index is 0.188. The highest BCUT2D eigenvalue weighted by atomic mass is 35.5. The zero-order valence-electron chi connectivity index (χ0n) is 10.5. The van der Waals surface area contributed by atoms with Crippen LogP contribution in [-0.2, 0) is 0 Å². The first-order valence-corrected chi connectivity index (χ1v) is 6.15. The molecule has 2 N–H and O–H groups in total. The van der Waals surface area contributed by atoms with Crippen LogP contribution < -0.4 is 10.6 Å². The van der Waals surface area contributed by atoms with Gasteiger partial charge < -0.3 is 10.6 Å². The van der Waals surface area contributed by atoms with E-state index in [9.17, 15) is 0 Å². The number of anilines is 2. The molecule has 2 rings (SSSR count). The van der Waals surface area contributed by atoms with Crippen molar-refractivity contribution < 1.29 is 0 Å². The number of hydrogen-bond donors (Lipinski definition) is 1. The molecule has 1 aromatic heterocycles. The van der Waals surface area contributed by atoms with E-state index in [0.717, 1.165) is 16.3 Å². The summed E-state index contributed by atoms with van der Waals surface area (Å²) in [7, 11) is 2.01. The second-order valence-electron chi connectivity index (χ2n) is 4.28. The standard InChI is InChI=1S/C14H16ClN3/c1-10(11-4-3-5-12(15)8-11)18(2)14-6-7-17-9-13(14)16/h3-10H,16H2,1-2H3. The first kappa shape index (κ1) is 12.7. The SMILES string of the molecule is CC(c1cccc(Cl)c1)N(C)c1ccncc1N. The van der Waals surface area contributed by atoms with Crippen LogP contribution in [0.25, 0.3) is 0 Å². The molecule has 1 heterocycles. The number of nitrogen functional groups attached to an aromatic ring is 1. The Hall–Kier alpha value is -1.74. The average molecular weight is 262 g/mol. The van der Waals surface area contributed by atoms with Gasteiger partial charge in [0.2, 0.25) is 0 Å².